The highest BCUT2D eigenvalue weighted by atomic mass is 35.5. The Hall–Kier alpha value is -3.15. The monoisotopic (exact) mass is 449 g/mol. The second-order valence-electron chi connectivity index (χ2n) is 9.16. The smallest absolute Gasteiger partial charge is 0.231 e. The van der Waals surface area contributed by atoms with Gasteiger partial charge in [-0.15, -0.1) is 10.2 Å². The van der Waals surface area contributed by atoms with Gasteiger partial charge in [0.25, 0.3) is 0 Å². The lowest BCUT2D eigenvalue weighted by Crippen LogP contribution is -2.73. The van der Waals surface area contributed by atoms with Crippen LogP contribution in [0.25, 0.3) is 5.69 Å². The van der Waals surface area contributed by atoms with E-state index in [0.29, 0.717) is 17.8 Å². The van der Waals surface area contributed by atoms with Crippen molar-refractivity contribution in [3.05, 3.63) is 64.2 Å². The highest BCUT2D eigenvalue weighted by Gasteiger charge is 2.54. The van der Waals surface area contributed by atoms with Crippen LogP contribution in [0.4, 0.5) is 16.0 Å². The average Bonchev–Trinajstić information content (AvgIpc) is 3.03. The van der Waals surface area contributed by atoms with E-state index in [0.717, 1.165) is 60.8 Å². The lowest BCUT2D eigenvalue weighted by molar-refractivity contribution is 0.153. The lowest BCUT2D eigenvalue weighted by Gasteiger charge is -2.61. The highest BCUT2D eigenvalue weighted by molar-refractivity contribution is 6.30. The summed E-state index contributed by atoms with van der Waals surface area (Å²) in [5, 5.41) is 19.1. The maximum absolute atomic E-state index is 14.4. The van der Waals surface area contributed by atoms with Crippen LogP contribution in [0, 0.1) is 22.6 Å². The quantitative estimate of drug-likeness (QED) is 0.598. The van der Waals surface area contributed by atoms with E-state index < -0.39 is 0 Å². The SMILES string of the molecule is CN1Cc2cc(Cl)ccc2-n2c(nnc2N2CC3(CN(c4c(F)cccc4C#N)C3)C2)C1. The molecule has 0 radical (unpaired) electrons. The minimum atomic E-state index is -0.336. The fraction of sp³-hybridized carbons (Fsp3) is 0.348. The number of rotatable bonds is 2. The van der Waals surface area contributed by atoms with Gasteiger partial charge in [0.05, 0.1) is 23.5 Å². The predicted molar refractivity (Wildman–Crippen MR) is 120 cm³/mol. The summed E-state index contributed by atoms with van der Waals surface area (Å²) in [5.41, 5.74) is 3.11. The van der Waals surface area contributed by atoms with E-state index in [-0.39, 0.29) is 11.2 Å². The normalized spacial score (nSPS) is 18.9. The van der Waals surface area contributed by atoms with Gasteiger partial charge in [0.15, 0.2) is 5.82 Å². The number of halogens is 2. The van der Waals surface area contributed by atoms with Crippen molar-refractivity contribution in [1.82, 2.24) is 19.7 Å². The summed E-state index contributed by atoms with van der Waals surface area (Å²) in [6, 6.07) is 12.7. The Morgan fingerprint density at radius 2 is 1.84 bits per heavy atom. The molecule has 7 nitrogen and oxygen atoms in total. The standard InChI is InChI=1S/C23H21ClFN7/c1-29-9-16-7-17(24)5-6-19(16)32-20(10-29)27-28-22(32)31-13-23(14-31)11-30(12-23)21-15(8-26)3-2-4-18(21)25/h2-7H,9-14H2,1H3. The Morgan fingerprint density at radius 1 is 1.06 bits per heavy atom. The fourth-order valence-electron chi connectivity index (χ4n) is 5.30. The third-order valence-corrected chi connectivity index (χ3v) is 6.89. The molecule has 9 heteroatoms. The maximum Gasteiger partial charge on any atom is 0.231 e. The van der Waals surface area contributed by atoms with Crippen molar-refractivity contribution in [3.8, 4) is 11.8 Å². The molecular weight excluding hydrogens is 429 g/mol. The van der Waals surface area contributed by atoms with Crippen LogP contribution in [0.1, 0.15) is 17.0 Å². The third kappa shape index (κ3) is 2.89. The fourth-order valence-corrected chi connectivity index (χ4v) is 5.50. The van der Waals surface area contributed by atoms with Gasteiger partial charge in [-0.25, -0.2) is 4.39 Å². The van der Waals surface area contributed by atoms with E-state index in [4.69, 9.17) is 11.6 Å². The summed E-state index contributed by atoms with van der Waals surface area (Å²) >= 11 is 6.26. The minimum Gasteiger partial charge on any atom is -0.367 e. The summed E-state index contributed by atoms with van der Waals surface area (Å²) in [5.74, 6) is 1.41. The van der Waals surface area contributed by atoms with E-state index in [1.165, 1.54) is 6.07 Å². The minimum absolute atomic E-state index is 0.0890. The van der Waals surface area contributed by atoms with Crippen LogP contribution in [0.5, 0.6) is 0 Å². The van der Waals surface area contributed by atoms with Gasteiger partial charge in [0, 0.05) is 43.2 Å². The molecule has 3 aromatic rings. The molecule has 162 valence electrons. The van der Waals surface area contributed by atoms with E-state index in [1.807, 2.05) is 23.1 Å². The first-order valence-electron chi connectivity index (χ1n) is 10.6. The molecule has 0 N–H and O–H groups in total. The average molecular weight is 450 g/mol. The molecule has 1 spiro atoms. The Kier molecular flexibility index (Phi) is 4.23. The van der Waals surface area contributed by atoms with Gasteiger partial charge >= 0.3 is 0 Å². The molecule has 0 saturated carbocycles. The summed E-state index contributed by atoms with van der Waals surface area (Å²) in [6.07, 6.45) is 0. The van der Waals surface area contributed by atoms with Crippen LogP contribution in [0.2, 0.25) is 5.02 Å². The zero-order valence-corrected chi connectivity index (χ0v) is 18.3. The maximum atomic E-state index is 14.4. The number of nitrogens with zero attached hydrogens (tertiary/aromatic N) is 7. The molecule has 6 rings (SSSR count). The van der Waals surface area contributed by atoms with Gasteiger partial charge in [-0.1, -0.05) is 17.7 Å². The number of para-hydroxylation sites is 1. The van der Waals surface area contributed by atoms with Gasteiger partial charge in [0.1, 0.15) is 11.9 Å². The Labute approximate surface area is 190 Å². The molecule has 1 aromatic heterocycles. The number of benzene rings is 2. The first kappa shape index (κ1) is 19.5. The lowest BCUT2D eigenvalue weighted by atomic mass is 9.72. The zero-order chi connectivity index (χ0) is 22.0. The van der Waals surface area contributed by atoms with Gasteiger partial charge in [-0.05, 0) is 42.9 Å². The molecule has 2 saturated heterocycles. The Morgan fingerprint density at radius 3 is 2.62 bits per heavy atom. The zero-order valence-electron chi connectivity index (χ0n) is 17.6. The second-order valence-corrected chi connectivity index (χ2v) is 9.59. The van der Waals surface area contributed by atoms with Gasteiger partial charge in [0.2, 0.25) is 5.95 Å². The summed E-state index contributed by atoms with van der Waals surface area (Å²) in [4.78, 5) is 6.42. The van der Waals surface area contributed by atoms with Crippen LogP contribution in [-0.2, 0) is 13.1 Å². The van der Waals surface area contributed by atoms with Crippen LogP contribution in [0.3, 0.4) is 0 Å². The third-order valence-electron chi connectivity index (χ3n) is 6.66. The van der Waals surface area contributed by atoms with Crippen LogP contribution in [-0.4, -0.2) is 52.9 Å². The van der Waals surface area contributed by atoms with Crippen LogP contribution < -0.4 is 9.80 Å². The predicted octanol–water partition coefficient (Wildman–Crippen LogP) is 3.20. The van der Waals surface area contributed by atoms with Crippen molar-refractivity contribution in [2.75, 3.05) is 43.0 Å². The van der Waals surface area contributed by atoms with Crippen molar-refractivity contribution in [2.45, 2.75) is 13.1 Å². The molecule has 32 heavy (non-hydrogen) atoms. The van der Waals surface area contributed by atoms with Crippen LogP contribution in [0.15, 0.2) is 36.4 Å². The Balaban J connectivity index is 1.25. The molecule has 0 bridgehead atoms. The number of hydrogen-bond acceptors (Lipinski definition) is 6. The molecule has 4 heterocycles. The van der Waals surface area contributed by atoms with Crippen molar-refractivity contribution in [3.63, 3.8) is 0 Å². The molecule has 3 aliphatic rings. The summed E-state index contributed by atoms with van der Waals surface area (Å²) < 4.78 is 16.5. The number of nitriles is 1. The number of fused-ring (bicyclic) bond motifs is 3. The molecule has 3 aliphatic heterocycles. The number of hydrogen-bond donors (Lipinski definition) is 0. The number of anilines is 2. The molecule has 2 fully saturated rings. The first-order chi connectivity index (χ1) is 15.5. The topological polar surface area (TPSA) is 64.2 Å². The van der Waals surface area contributed by atoms with Crippen LogP contribution >= 0.6 is 11.6 Å². The van der Waals surface area contributed by atoms with Crippen molar-refractivity contribution in [2.24, 2.45) is 5.41 Å². The van der Waals surface area contributed by atoms with Crippen molar-refractivity contribution < 1.29 is 4.39 Å². The highest BCUT2D eigenvalue weighted by Crippen LogP contribution is 2.45. The van der Waals surface area contributed by atoms with E-state index >= 15 is 0 Å². The van der Waals surface area contributed by atoms with E-state index in [2.05, 4.69) is 37.7 Å². The van der Waals surface area contributed by atoms with Gasteiger partial charge < -0.3 is 9.80 Å². The molecule has 2 aromatic carbocycles. The summed E-state index contributed by atoms with van der Waals surface area (Å²) in [6.45, 7) is 4.62. The van der Waals surface area contributed by atoms with Gasteiger partial charge in [-0.3, -0.25) is 9.47 Å². The molecule has 0 aliphatic carbocycles. The van der Waals surface area contributed by atoms with E-state index in [9.17, 15) is 9.65 Å². The molecule has 0 atom stereocenters. The molecule has 0 amide bonds. The summed E-state index contributed by atoms with van der Waals surface area (Å²) in [7, 11) is 2.06. The van der Waals surface area contributed by atoms with E-state index in [1.54, 1.807) is 12.1 Å². The first-order valence-corrected chi connectivity index (χ1v) is 10.9. The second kappa shape index (κ2) is 6.92. The van der Waals surface area contributed by atoms with Crippen molar-refractivity contribution >= 4 is 23.2 Å². The number of aromatic nitrogens is 3. The van der Waals surface area contributed by atoms with Crippen molar-refractivity contribution in [1.29, 1.82) is 5.26 Å². The largest absolute Gasteiger partial charge is 0.367 e. The molecular formula is C23H21ClFN7. The van der Waals surface area contributed by atoms with Gasteiger partial charge in [-0.2, -0.15) is 5.26 Å². The molecule has 0 unspecified atom stereocenters. The Bertz CT molecular complexity index is 1270.